The Balaban J connectivity index is 1.64. The number of aromatic nitrogens is 2. The topological polar surface area (TPSA) is 82.5 Å². The molecule has 0 saturated carbocycles. The highest BCUT2D eigenvalue weighted by Gasteiger charge is 2.14. The van der Waals surface area contributed by atoms with E-state index in [2.05, 4.69) is 10.4 Å². The molecule has 1 aromatic heterocycles. The Morgan fingerprint density at radius 1 is 1.11 bits per heavy atom. The van der Waals surface area contributed by atoms with Crippen molar-refractivity contribution in [2.24, 2.45) is 0 Å². The largest absolute Gasteiger partial charge is 0.493 e. The zero-order valence-corrected chi connectivity index (χ0v) is 15.8. The lowest BCUT2D eigenvalue weighted by Gasteiger charge is -2.12. The molecule has 0 saturated heterocycles. The van der Waals surface area contributed by atoms with E-state index in [1.54, 1.807) is 26.4 Å². The summed E-state index contributed by atoms with van der Waals surface area (Å²) in [5.41, 5.74) is 2.62. The minimum atomic E-state index is -0.257. The molecule has 0 spiro atoms. The number of carbonyl (C=O) groups is 1. The lowest BCUT2D eigenvalue weighted by Crippen LogP contribution is -2.34. The number of nitrogens with one attached hydrogen (secondary N) is 1. The molecule has 0 unspecified atom stereocenters. The maximum Gasteiger partial charge on any atom is 0.267 e. The Bertz CT molecular complexity index is 876. The molecule has 0 aliphatic heterocycles. The van der Waals surface area contributed by atoms with Crippen LogP contribution in [-0.2, 0) is 30.7 Å². The number of hydrogen-bond donors (Lipinski definition) is 1. The maximum atomic E-state index is 12.3. The van der Waals surface area contributed by atoms with Crippen molar-refractivity contribution < 1.29 is 14.3 Å². The third kappa shape index (κ3) is 4.67. The number of carbonyl (C=O) groups excluding carboxylic acids is 1. The van der Waals surface area contributed by atoms with Crippen LogP contribution in [0.5, 0.6) is 11.5 Å². The number of fused-ring (bicyclic) bond motifs is 1. The molecular formula is C20H25N3O4. The average Bonchev–Trinajstić information content (AvgIpc) is 2.91. The molecule has 0 fully saturated rings. The SMILES string of the molecule is COc1ccc(CNC(=O)Cn2nc3c(cc2=O)CCCCC3)cc1OC. The maximum absolute atomic E-state index is 12.3. The number of benzene rings is 1. The van der Waals surface area contributed by atoms with Crippen molar-refractivity contribution in [3.63, 3.8) is 0 Å². The monoisotopic (exact) mass is 371 g/mol. The Kier molecular flexibility index (Phi) is 6.11. The van der Waals surface area contributed by atoms with E-state index in [0.29, 0.717) is 18.0 Å². The van der Waals surface area contributed by atoms with E-state index in [0.717, 1.165) is 48.9 Å². The molecule has 1 N–H and O–H groups in total. The van der Waals surface area contributed by atoms with E-state index in [-0.39, 0.29) is 18.0 Å². The predicted octanol–water partition coefficient (Wildman–Crippen LogP) is 1.85. The first-order valence-corrected chi connectivity index (χ1v) is 9.18. The molecule has 1 heterocycles. The van der Waals surface area contributed by atoms with E-state index in [9.17, 15) is 9.59 Å². The van der Waals surface area contributed by atoms with Gasteiger partial charge in [-0.1, -0.05) is 12.5 Å². The summed E-state index contributed by atoms with van der Waals surface area (Å²) in [5, 5.41) is 7.25. The molecule has 1 amide bonds. The van der Waals surface area contributed by atoms with Gasteiger partial charge in [-0.05, 0) is 48.9 Å². The zero-order valence-electron chi connectivity index (χ0n) is 15.8. The molecule has 1 aromatic carbocycles. The van der Waals surface area contributed by atoms with Gasteiger partial charge >= 0.3 is 0 Å². The summed E-state index contributed by atoms with van der Waals surface area (Å²) in [6.07, 6.45) is 5.07. The molecule has 7 heteroatoms. The van der Waals surface area contributed by atoms with E-state index in [1.807, 2.05) is 12.1 Å². The first-order valence-electron chi connectivity index (χ1n) is 9.18. The number of hydrogen-bond acceptors (Lipinski definition) is 5. The van der Waals surface area contributed by atoms with Crippen molar-refractivity contribution in [2.75, 3.05) is 14.2 Å². The number of aryl methyl sites for hydroxylation is 2. The standard InChI is InChI=1S/C20H25N3O4/c1-26-17-9-8-14(10-18(17)27-2)12-21-19(24)13-23-20(25)11-15-6-4-3-5-7-16(15)22-23/h8-11H,3-7,12-13H2,1-2H3,(H,21,24). The summed E-state index contributed by atoms with van der Waals surface area (Å²) in [7, 11) is 3.14. The van der Waals surface area contributed by atoms with Gasteiger partial charge in [0.15, 0.2) is 11.5 Å². The Hall–Kier alpha value is -2.83. The van der Waals surface area contributed by atoms with Gasteiger partial charge in [-0.3, -0.25) is 9.59 Å². The number of nitrogens with zero attached hydrogens (tertiary/aromatic N) is 2. The minimum Gasteiger partial charge on any atom is -0.493 e. The van der Waals surface area contributed by atoms with Gasteiger partial charge in [0.25, 0.3) is 5.56 Å². The first-order chi connectivity index (χ1) is 13.1. The summed E-state index contributed by atoms with van der Waals surface area (Å²) < 4.78 is 11.7. The highest BCUT2D eigenvalue weighted by atomic mass is 16.5. The predicted molar refractivity (Wildman–Crippen MR) is 101 cm³/mol. The third-order valence-electron chi connectivity index (χ3n) is 4.75. The van der Waals surface area contributed by atoms with Crippen molar-refractivity contribution in [2.45, 2.75) is 45.2 Å². The summed E-state index contributed by atoms with van der Waals surface area (Å²) in [5.74, 6) is 0.981. The molecule has 0 atom stereocenters. The Morgan fingerprint density at radius 2 is 1.89 bits per heavy atom. The molecule has 27 heavy (non-hydrogen) atoms. The van der Waals surface area contributed by atoms with Crippen LogP contribution in [0.3, 0.4) is 0 Å². The van der Waals surface area contributed by atoms with Gasteiger partial charge in [-0.25, -0.2) is 4.68 Å². The normalized spacial score (nSPS) is 13.4. The van der Waals surface area contributed by atoms with Crippen molar-refractivity contribution in [1.82, 2.24) is 15.1 Å². The lowest BCUT2D eigenvalue weighted by molar-refractivity contribution is -0.122. The van der Waals surface area contributed by atoms with Crippen molar-refractivity contribution in [3.8, 4) is 11.5 Å². The van der Waals surface area contributed by atoms with Gasteiger partial charge in [0.05, 0.1) is 19.9 Å². The molecule has 3 rings (SSSR count). The summed E-state index contributed by atoms with van der Waals surface area (Å²) in [6.45, 7) is 0.248. The van der Waals surface area contributed by atoms with Gasteiger partial charge in [-0.2, -0.15) is 5.10 Å². The van der Waals surface area contributed by atoms with E-state index >= 15 is 0 Å². The van der Waals surface area contributed by atoms with Crippen LogP contribution in [0.4, 0.5) is 0 Å². The van der Waals surface area contributed by atoms with Gasteiger partial charge in [0.2, 0.25) is 5.91 Å². The van der Waals surface area contributed by atoms with Crippen molar-refractivity contribution >= 4 is 5.91 Å². The van der Waals surface area contributed by atoms with Crippen LogP contribution in [0, 0.1) is 0 Å². The van der Waals surface area contributed by atoms with Crippen LogP contribution in [0.15, 0.2) is 29.1 Å². The number of rotatable bonds is 6. The molecule has 0 bridgehead atoms. The van der Waals surface area contributed by atoms with Crippen LogP contribution in [0.25, 0.3) is 0 Å². The summed E-state index contributed by atoms with van der Waals surface area (Å²) in [4.78, 5) is 24.5. The highest BCUT2D eigenvalue weighted by molar-refractivity contribution is 5.75. The molecule has 1 aliphatic carbocycles. The number of ether oxygens (including phenoxy) is 2. The highest BCUT2D eigenvalue weighted by Crippen LogP contribution is 2.27. The Morgan fingerprint density at radius 3 is 2.67 bits per heavy atom. The fraction of sp³-hybridized carbons (Fsp3) is 0.450. The summed E-state index contributed by atoms with van der Waals surface area (Å²) >= 11 is 0. The molecule has 0 radical (unpaired) electrons. The van der Waals surface area contributed by atoms with Gasteiger partial charge in [-0.15, -0.1) is 0 Å². The summed E-state index contributed by atoms with van der Waals surface area (Å²) in [6, 6.07) is 7.09. The van der Waals surface area contributed by atoms with Crippen LogP contribution in [-0.4, -0.2) is 29.9 Å². The second-order valence-corrected chi connectivity index (χ2v) is 6.64. The lowest BCUT2D eigenvalue weighted by atomic mass is 10.1. The van der Waals surface area contributed by atoms with Crippen molar-refractivity contribution in [3.05, 3.63) is 51.4 Å². The zero-order chi connectivity index (χ0) is 19.2. The van der Waals surface area contributed by atoms with E-state index in [4.69, 9.17) is 9.47 Å². The quantitative estimate of drug-likeness (QED) is 0.784. The molecule has 144 valence electrons. The van der Waals surface area contributed by atoms with Crippen LogP contribution >= 0.6 is 0 Å². The minimum absolute atomic E-state index is 0.0839. The average molecular weight is 371 g/mol. The fourth-order valence-electron chi connectivity index (χ4n) is 3.27. The van der Waals surface area contributed by atoms with Crippen molar-refractivity contribution in [1.29, 1.82) is 0 Å². The first kappa shape index (κ1) is 18.9. The molecule has 1 aliphatic rings. The second-order valence-electron chi connectivity index (χ2n) is 6.64. The number of amides is 1. The molecule has 2 aromatic rings. The smallest absolute Gasteiger partial charge is 0.267 e. The number of methoxy groups -OCH3 is 2. The van der Waals surface area contributed by atoms with Crippen LogP contribution in [0.2, 0.25) is 0 Å². The van der Waals surface area contributed by atoms with Crippen LogP contribution in [0.1, 0.15) is 36.1 Å². The molecule has 7 nitrogen and oxygen atoms in total. The fourth-order valence-corrected chi connectivity index (χ4v) is 3.27. The van der Waals surface area contributed by atoms with Gasteiger partial charge in [0.1, 0.15) is 6.54 Å². The van der Waals surface area contributed by atoms with E-state index < -0.39 is 0 Å². The Labute approximate surface area is 158 Å². The second kappa shape index (κ2) is 8.70. The third-order valence-corrected chi connectivity index (χ3v) is 4.75. The van der Waals surface area contributed by atoms with Gasteiger partial charge in [0, 0.05) is 12.6 Å². The van der Waals surface area contributed by atoms with Gasteiger partial charge < -0.3 is 14.8 Å². The van der Waals surface area contributed by atoms with Crippen LogP contribution < -0.4 is 20.3 Å². The van der Waals surface area contributed by atoms with E-state index in [1.165, 1.54) is 4.68 Å². The molecular weight excluding hydrogens is 346 g/mol.